The van der Waals surface area contributed by atoms with E-state index in [0.29, 0.717) is 17.9 Å². The lowest BCUT2D eigenvalue weighted by atomic mass is 10.2. The van der Waals surface area contributed by atoms with Crippen molar-refractivity contribution in [2.45, 2.75) is 40.3 Å². The Morgan fingerprint density at radius 2 is 1.93 bits per heavy atom. The molecule has 0 radical (unpaired) electrons. The van der Waals surface area contributed by atoms with Crippen LogP contribution in [-0.2, 0) is 17.9 Å². The highest BCUT2D eigenvalue weighted by Gasteiger charge is 2.17. The highest BCUT2D eigenvalue weighted by Crippen LogP contribution is 2.22. The average Bonchev–Trinajstić information content (AvgIpc) is 3.10. The third-order valence-electron chi connectivity index (χ3n) is 4.29. The van der Waals surface area contributed by atoms with Crippen LogP contribution in [0, 0.1) is 20.8 Å². The van der Waals surface area contributed by atoms with Crippen LogP contribution in [0.5, 0.6) is 0 Å². The van der Waals surface area contributed by atoms with Crippen LogP contribution in [0.15, 0.2) is 34.8 Å². The van der Waals surface area contributed by atoms with Crippen molar-refractivity contribution < 1.29 is 13.6 Å². The van der Waals surface area contributed by atoms with Crippen LogP contribution in [0.3, 0.4) is 0 Å². The molecule has 0 unspecified atom stereocenters. The molecule has 1 aromatic carbocycles. The van der Waals surface area contributed by atoms with E-state index < -0.39 is 12.3 Å². The predicted octanol–water partition coefficient (Wildman–Crippen LogP) is 4.39. The highest BCUT2D eigenvalue weighted by atomic mass is 79.9. The third kappa shape index (κ3) is 4.46. The Morgan fingerprint density at radius 3 is 2.57 bits per heavy atom. The van der Waals surface area contributed by atoms with Gasteiger partial charge in [-0.15, -0.1) is 0 Å². The number of nitrogens with one attached hydrogen (secondary N) is 1. The molecule has 0 saturated carbocycles. The zero-order chi connectivity index (χ0) is 20.4. The molecule has 3 aromatic rings. The van der Waals surface area contributed by atoms with Crippen molar-refractivity contribution in [3.05, 3.63) is 63.1 Å². The summed E-state index contributed by atoms with van der Waals surface area (Å²) in [5.74, 6) is -0.420. The largest absolute Gasteiger partial charge is 0.324 e. The van der Waals surface area contributed by atoms with Gasteiger partial charge >= 0.3 is 0 Å². The van der Waals surface area contributed by atoms with Crippen LogP contribution in [0.25, 0.3) is 0 Å². The summed E-state index contributed by atoms with van der Waals surface area (Å²) in [5, 5.41) is 11.2. The van der Waals surface area contributed by atoms with Crippen molar-refractivity contribution >= 4 is 27.5 Å². The molecule has 1 amide bonds. The van der Waals surface area contributed by atoms with E-state index >= 15 is 0 Å². The lowest BCUT2D eigenvalue weighted by Crippen LogP contribution is -2.21. The summed E-state index contributed by atoms with van der Waals surface area (Å²) in [7, 11) is 0. The van der Waals surface area contributed by atoms with E-state index in [1.807, 2.05) is 36.7 Å². The normalized spacial score (nSPS) is 11.2. The second-order valence-corrected chi connectivity index (χ2v) is 7.35. The van der Waals surface area contributed by atoms with Gasteiger partial charge in [-0.05, 0) is 60.5 Å². The Morgan fingerprint density at radius 1 is 1.18 bits per heavy atom. The molecule has 0 fully saturated rings. The molecule has 28 heavy (non-hydrogen) atoms. The first kappa shape index (κ1) is 20.2. The van der Waals surface area contributed by atoms with Crippen molar-refractivity contribution in [2.75, 3.05) is 5.32 Å². The number of halogens is 3. The number of hydrogen-bond acceptors (Lipinski definition) is 3. The van der Waals surface area contributed by atoms with Crippen molar-refractivity contribution in [3.63, 3.8) is 0 Å². The number of alkyl halides is 2. The van der Waals surface area contributed by atoms with Crippen LogP contribution >= 0.6 is 15.9 Å². The van der Waals surface area contributed by atoms with Crippen LogP contribution in [0.2, 0.25) is 0 Å². The first-order valence-corrected chi connectivity index (χ1v) is 9.44. The van der Waals surface area contributed by atoms with E-state index in [2.05, 4.69) is 31.4 Å². The summed E-state index contributed by atoms with van der Waals surface area (Å²) in [5.41, 5.74) is 3.65. The van der Waals surface area contributed by atoms with E-state index in [0.717, 1.165) is 26.1 Å². The fourth-order valence-electron chi connectivity index (χ4n) is 2.95. The van der Waals surface area contributed by atoms with Gasteiger partial charge in [0.15, 0.2) is 0 Å². The molecule has 0 saturated heterocycles. The lowest BCUT2D eigenvalue weighted by molar-refractivity contribution is -0.117. The Labute approximate surface area is 169 Å². The molecule has 9 heteroatoms. The summed E-state index contributed by atoms with van der Waals surface area (Å²) in [6.07, 6.45) is -2.68. The molecule has 2 heterocycles. The zero-order valence-corrected chi connectivity index (χ0v) is 17.3. The maximum atomic E-state index is 13.0. The number of carbonyl (C=O) groups excluding carboxylic acids is 1. The maximum absolute atomic E-state index is 13.0. The first-order valence-electron chi connectivity index (χ1n) is 8.65. The van der Waals surface area contributed by atoms with Gasteiger partial charge in [0.25, 0.3) is 6.43 Å². The molecule has 3 rings (SSSR count). The Balaban J connectivity index is 1.70. The molecule has 0 aliphatic carbocycles. The fourth-order valence-corrected chi connectivity index (χ4v) is 3.24. The molecule has 0 aliphatic rings. The standard InChI is InChI=1S/C19H20BrF2N5O/c1-11-7-16(19(21)22)27(24-11)10-17(28)23-15-6-4-5-14(8-15)9-26-13(3)18(20)12(2)25-26/h4-8,19H,9-10H2,1-3H3,(H,23,28). The number of amides is 1. The maximum Gasteiger partial charge on any atom is 0.280 e. The van der Waals surface area contributed by atoms with Crippen molar-refractivity contribution in [1.82, 2.24) is 19.6 Å². The summed E-state index contributed by atoms with van der Waals surface area (Å²) in [6, 6.07) is 8.64. The van der Waals surface area contributed by atoms with Gasteiger partial charge in [0.2, 0.25) is 5.91 Å². The van der Waals surface area contributed by atoms with E-state index in [-0.39, 0.29) is 12.2 Å². The van der Waals surface area contributed by atoms with Gasteiger partial charge in [0.1, 0.15) is 12.2 Å². The summed E-state index contributed by atoms with van der Waals surface area (Å²) >= 11 is 3.51. The molecule has 1 N–H and O–H groups in total. The van der Waals surface area contributed by atoms with E-state index in [9.17, 15) is 13.6 Å². The number of hydrogen-bond donors (Lipinski definition) is 1. The molecule has 0 spiro atoms. The second-order valence-electron chi connectivity index (χ2n) is 6.56. The second kappa shape index (κ2) is 8.22. The van der Waals surface area contributed by atoms with Gasteiger partial charge in [0.05, 0.1) is 28.1 Å². The number of aromatic nitrogens is 4. The minimum Gasteiger partial charge on any atom is -0.324 e. The average molecular weight is 452 g/mol. The first-order chi connectivity index (χ1) is 13.2. The Bertz CT molecular complexity index is 1010. The summed E-state index contributed by atoms with van der Waals surface area (Å²) < 4.78 is 30.0. The minimum atomic E-state index is -2.68. The zero-order valence-electron chi connectivity index (χ0n) is 15.7. The van der Waals surface area contributed by atoms with Gasteiger partial charge in [0, 0.05) is 5.69 Å². The lowest BCUT2D eigenvalue weighted by Gasteiger charge is -2.10. The monoisotopic (exact) mass is 451 g/mol. The Kier molecular flexibility index (Phi) is 5.93. The van der Waals surface area contributed by atoms with E-state index in [4.69, 9.17) is 0 Å². The molecule has 0 atom stereocenters. The summed E-state index contributed by atoms with van der Waals surface area (Å²) in [4.78, 5) is 12.3. The smallest absolute Gasteiger partial charge is 0.280 e. The number of carbonyl (C=O) groups is 1. The molecule has 6 nitrogen and oxygen atoms in total. The van der Waals surface area contributed by atoms with Crippen molar-refractivity contribution in [2.24, 2.45) is 0 Å². The summed E-state index contributed by atoms with van der Waals surface area (Å²) in [6.45, 7) is 5.79. The number of nitrogens with zero attached hydrogens (tertiary/aromatic N) is 4. The molecule has 148 valence electrons. The van der Waals surface area contributed by atoms with Gasteiger partial charge in [-0.1, -0.05) is 12.1 Å². The predicted molar refractivity (Wildman–Crippen MR) is 105 cm³/mol. The van der Waals surface area contributed by atoms with Gasteiger partial charge in [-0.2, -0.15) is 10.2 Å². The van der Waals surface area contributed by atoms with E-state index in [1.165, 1.54) is 6.07 Å². The Hall–Kier alpha value is -2.55. The number of anilines is 1. The van der Waals surface area contributed by atoms with E-state index in [1.54, 1.807) is 13.0 Å². The number of rotatable bonds is 6. The molecule has 2 aromatic heterocycles. The van der Waals surface area contributed by atoms with Crippen molar-refractivity contribution in [3.8, 4) is 0 Å². The van der Waals surface area contributed by atoms with Crippen LogP contribution in [0.4, 0.5) is 14.5 Å². The van der Waals surface area contributed by atoms with Crippen LogP contribution in [0.1, 0.15) is 34.8 Å². The fraction of sp³-hybridized carbons (Fsp3) is 0.316. The molecule has 0 bridgehead atoms. The van der Waals surface area contributed by atoms with Gasteiger partial charge in [-0.3, -0.25) is 14.2 Å². The number of benzene rings is 1. The van der Waals surface area contributed by atoms with Crippen LogP contribution in [-0.4, -0.2) is 25.5 Å². The molecule has 0 aliphatic heterocycles. The highest BCUT2D eigenvalue weighted by molar-refractivity contribution is 9.10. The molecular formula is C19H20BrF2N5O. The third-order valence-corrected chi connectivity index (χ3v) is 5.43. The van der Waals surface area contributed by atoms with Gasteiger partial charge < -0.3 is 5.32 Å². The van der Waals surface area contributed by atoms with Crippen molar-refractivity contribution in [1.29, 1.82) is 0 Å². The topological polar surface area (TPSA) is 64.7 Å². The molecular weight excluding hydrogens is 432 g/mol. The minimum absolute atomic E-state index is 0.267. The van der Waals surface area contributed by atoms with Gasteiger partial charge in [-0.25, -0.2) is 8.78 Å². The van der Waals surface area contributed by atoms with Crippen LogP contribution < -0.4 is 5.32 Å². The SMILES string of the molecule is Cc1cc(C(F)F)n(CC(=O)Nc2cccc(Cn3nc(C)c(Br)c3C)c2)n1. The quantitative estimate of drug-likeness (QED) is 0.604. The number of aryl methyl sites for hydroxylation is 2.